The van der Waals surface area contributed by atoms with Gasteiger partial charge in [0.05, 0.1) is 12.2 Å². The molecular weight excluding hydrogens is 200 g/mol. The summed E-state index contributed by atoms with van der Waals surface area (Å²) in [6, 6.07) is 0. The highest BCUT2D eigenvalue weighted by atomic mass is 16.5. The Bertz CT molecular complexity index is 222. The van der Waals surface area contributed by atoms with Gasteiger partial charge in [0, 0.05) is 19.6 Å². The average Bonchev–Trinajstić information content (AvgIpc) is 2.71. The van der Waals surface area contributed by atoms with E-state index in [0.29, 0.717) is 18.8 Å². The second-order valence-corrected chi connectivity index (χ2v) is 5.70. The van der Waals surface area contributed by atoms with E-state index in [2.05, 4.69) is 18.7 Å². The second-order valence-electron chi connectivity index (χ2n) is 5.70. The molecule has 0 radical (unpaired) electrons. The molecule has 4 atom stereocenters. The Kier molecular flexibility index (Phi) is 4.22. The van der Waals surface area contributed by atoms with Gasteiger partial charge in [-0.2, -0.15) is 0 Å². The number of piperidine rings is 1. The average molecular weight is 226 g/mol. The molecule has 0 aromatic rings. The molecule has 2 heterocycles. The molecular formula is C13H26N2O. The number of hydrogen-bond donors (Lipinski definition) is 1. The third-order valence-corrected chi connectivity index (χ3v) is 4.34. The van der Waals surface area contributed by atoms with Gasteiger partial charge < -0.3 is 15.4 Å². The number of hydrogen-bond acceptors (Lipinski definition) is 3. The number of nitrogens with two attached hydrogens (primary N) is 1. The molecule has 2 N–H and O–H groups in total. The first-order valence-corrected chi connectivity index (χ1v) is 6.77. The van der Waals surface area contributed by atoms with E-state index in [1.165, 1.54) is 25.9 Å². The highest BCUT2D eigenvalue weighted by molar-refractivity contribution is 4.81. The van der Waals surface area contributed by atoms with Gasteiger partial charge in [-0.15, -0.1) is 0 Å². The lowest BCUT2D eigenvalue weighted by molar-refractivity contribution is 0.0137. The minimum absolute atomic E-state index is 0.325. The van der Waals surface area contributed by atoms with Gasteiger partial charge >= 0.3 is 0 Å². The maximum absolute atomic E-state index is 5.91. The summed E-state index contributed by atoms with van der Waals surface area (Å²) in [4.78, 5) is 2.58. The molecule has 0 amide bonds. The van der Waals surface area contributed by atoms with Crippen LogP contribution in [0.2, 0.25) is 0 Å². The summed E-state index contributed by atoms with van der Waals surface area (Å²) < 4.78 is 5.91. The van der Waals surface area contributed by atoms with Gasteiger partial charge in [-0.25, -0.2) is 0 Å². The molecule has 2 aliphatic rings. The Hall–Kier alpha value is -0.120. The van der Waals surface area contributed by atoms with E-state index in [0.717, 1.165) is 24.8 Å². The minimum Gasteiger partial charge on any atom is -0.372 e. The van der Waals surface area contributed by atoms with Crippen LogP contribution in [0.1, 0.15) is 33.1 Å². The third-order valence-electron chi connectivity index (χ3n) is 4.34. The van der Waals surface area contributed by atoms with Crippen molar-refractivity contribution in [2.45, 2.75) is 45.3 Å². The van der Waals surface area contributed by atoms with E-state index < -0.39 is 0 Å². The molecule has 3 heteroatoms. The molecule has 0 aromatic carbocycles. The molecule has 0 saturated carbocycles. The Morgan fingerprint density at radius 2 is 1.88 bits per heavy atom. The molecule has 3 nitrogen and oxygen atoms in total. The standard InChI is InChI=1S/C13H26N2O/c1-10-5-6-15(8-11(10)2)9-13-4-3-12(7-14)16-13/h10-13H,3-9,14H2,1-2H3. The van der Waals surface area contributed by atoms with Crippen LogP contribution < -0.4 is 5.73 Å². The van der Waals surface area contributed by atoms with Gasteiger partial charge in [0.1, 0.15) is 0 Å². The van der Waals surface area contributed by atoms with Crippen molar-refractivity contribution in [2.24, 2.45) is 17.6 Å². The van der Waals surface area contributed by atoms with Gasteiger partial charge in [0.15, 0.2) is 0 Å². The van der Waals surface area contributed by atoms with Crippen LogP contribution in [0.15, 0.2) is 0 Å². The predicted octanol–water partition coefficient (Wildman–Crippen LogP) is 1.47. The molecule has 16 heavy (non-hydrogen) atoms. The maximum Gasteiger partial charge on any atom is 0.0707 e. The Morgan fingerprint density at radius 3 is 2.50 bits per heavy atom. The number of rotatable bonds is 3. The summed E-state index contributed by atoms with van der Waals surface area (Å²) in [5.41, 5.74) is 5.63. The number of likely N-dealkylation sites (tertiary alicyclic amines) is 1. The molecule has 2 fully saturated rings. The molecule has 4 unspecified atom stereocenters. The highest BCUT2D eigenvalue weighted by Gasteiger charge is 2.29. The van der Waals surface area contributed by atoms with E-state index in [-0.39, 0.29) is 0 Å². The molecule has 0 bridgehead atoms. The van der Waals surface area contributed by atoms with E-state index in [9.17, 15) is 0 Å². The topological polar surface area (TPSA) is 38.5 Å². The molecule has 2 saturated heterocycles. The fourth-order valence-electron chi connectivity index (χ4n) is 2.89. The SMILES string of the molecule is CC1CCN(CC2CCC(CN)O2)CC1C. The van der Waals surface area contributed by atoms with E-state index >= 15 is 0 Å². The predicted molar refractivity (Wildman–Crippen MR) is 66.3 cm³/mol. The van der Waals surface area contributed by atoms with Gasteiger partial charge in [-0.1, -0.05) is 13.8 Å². The molecule has 94 valence electrons. The zero-order valence-corrected chi connectivity index (χ0v) is 10.7. The van der Waals surface area contributed by atoms with Crippen molar-refractivity contribution in [1.29, 1.82) is 0 Å². The first-order chi connectivity index (χ1) is 7.69. The first-order valence-electron chi connectivity index (χ1n) is 6.77. The second kappa shape index (κ2) is 5.48. The molecule has 2 rings (SSSR count). The summed E-state index contributed by atoms with van der Waals surface area (Å²) in [5, 5.41) is 0. The van der Waals surface area contributed by atoms with E-state index in [1.54, 1.807) is 0 Å². The van der Waals surface area contributed by atoms with Crippen molar-refractivity contribution in [3.8, 4) is 0 Å². The summed E-state index contributed by atoms with van der Waals surface area (Å²) in [6.07, 6.45) is 4.46. The summed E-state index contributed by atoms with van der Waals surface area (Å²) in [6.45, 7) is 9.04. The zero-order valence-electron chi connectivity index (χ0n) is 10.7. The lowest BCUT2D eigenvalue weighted by Crippen LogP contribution is -2.42. The first kappa shape index (κ1) is 12.3. The summed E-state index contributed by atoms with van der Waals surface area (Å²) in [7, 11) is 0. The molecule has 0 spiro atoms. The van der Waals surface area contributed by atoms with Crippen LogP contribution in [-0.4, -0.2) is 43.3 Å². The van der Waals surface area contributed by atoms with Crippen LogP contribution in [-0.2, 0) is 4.74 Å². The summed E-state index contributed by atoms with van der Waals surface area (Å²) >= 11 is 0. The zero-order chi connectivity index (χ0) is 11.5. The molecule has 2 aliphatic heterocycles. The molecule has 0 aromatic heterocycles. The normalized spacial score (nSPS) is 41.4. The third kappa shape index (κ3) is 2.96. The minimum atomic E-state index is 0.325. The van der Waals surface area contributed by atoms with Gasteiger partial charge in [-0.05, 0) is 37.6 Å². The number of ether oxygens (including phenoxy) is 1. The Balaban J connectivity index is 1.74. The van der Waals surface area contributed by atoms with E-state index in [1.807, 2.05) is 0 Å². The lowest BCUT2D eigenvalue weighted by Gasteiger charge is -2.36. The van der Waals surface area contributed by atoms with Crippen molar-refractivity contribution in [3.05, 3.63) is 0 Å². The van der Waals surface area contributed by atoms with Gasteiger partial charge in [0.2, 0.25) is 0 Å². The summed E-state index contributed by atoms with van der Waals surface area (Å²) in [5.74, 6) is 1.72. The van der Waals surface area contributed by atoms with Crippen LogP contribution in [0.4, 0.5) is 0 Å². The van der Waals surface area contributed by atoms with Crippen molar-refractivity contribution in [3.63, 3.8) is 0 Å². The van der Waals surface area contributed by atoms with Crippen LogP contribution in [0.3, 0.4) is 0 Å². The van der Waals surface area contributed by atoms with Crippen molar-refractivity contribution in [2.75, 3.05) is 26.2 Å². The fraction of sp³-hybridized carbons (Fsp3) is 1.00. The van der Waals surface area contributed by atoms with Crippen molar-refractivity contribution in [1.82, 2.24) is 4.90 Å². The highest BCUT2D eigenvalue weighted by Crippen LogP contribution is 2.25. The molecule has 0 aliphatic carbocycles. The van der Waals surface area contributed by atoms with Crippen LogP contribution in [0.5, 0.6) is 0 Å². The number of nitrogens with zero attached hydrogens (tertiary/aromatic N) is 1. The van der Waals surface area contributed by atoms with E-state index in [4.69, 9.17) is 10.5 Å². The Labute approximate surface area is 99.3 Å². The van der Waals surface area contributed by atoms with Crippen LogP contribution >= 0.6 is 0 Å². The van der Waals surface area contributed by atoms with Crippen molar-refractivity contribution < 1.29 is 4.74 Å². The lowest BCUT2D eigenvalue weighted by atomic mass is 9.88. The fourth-order valence-corrected chi connectivity index (χ4v) is 2.89. The van der Waals surface area contributed by atoms with Crippen LogP contribution in [0, 0.1) is 11.8 Å². The van der Waals surface area contributed by atoms with Crippen molar-refractivity contribution >= 4 is 0 Å². The van der Waals surface area contributed by atoms with Gasteiger partial charge in [-0.3, -0.25) is 0 Å². The Morgan fingerprint density at radius 1 is 1.12 bits per heavy atom. The maximum atomic E-state index is 5.91. The largest absolute Gasteiger partial charge is 0.372 e. The quantitative estimate of drug-likeness (QED) is 0.792. The van der Waals surface area contributed by atoms with Gasteiger partial charge in [0.25, 0.3) is 0 Å². The monoisotopic (exact) mass is 226 g/mol. The smallest absolute Gasteiger partial charge is 0.0707 e. The van der Waals surface area contributed by atoms with Crippen LogP contribution in [0.25, 0.3) is 0 Å².